The molecule has 2 aliphatic rings. The van der Waals surface area contributed by atoms with Gasteiger partial charge in [0.2, 0.25) is 0 Å². The molecule has 2 fully saturated rings. The van der Waals surface area contributed by atoms with Crippen LogP contribution in [0.25, 0.3) is 0 Å². The van der Waals surface area contributed by atoms with E-state index in [0.29, 0.717) is 18.1 Å². The van der Waals surface area contributed by atoms with Gasteiger partial charge in [0.05, 0.1) is 6.61 Å². The van der Waals surface area contributed by atoms with E-state index in [9.17, 15) is 5.11 Å². The van der Waals surface area contributed by atoms with Crippen molar-refractivity contribution >= 4 is 0 Å². The molecule has 0 amide bonds. The molecule has 2 rings (SSSR count). The summed E-state index contributed by atoms with van der Waals surface area (Å²) in [5, 5.41) is 13.1. The van der Waals surface area contributed by atoms with Gasteiger partial charge >= 0.3 is 0 Å². The Kier molecular flexibility index (Phi) is 5.05. The molecular formula is C15H30N2O. The van der Waals surface area contributed by atoms with Crippen molar-refractivity contribution in [3.05, 3.63) is 0 Å². The molecule has 0 aromatic rings. The van der Waals surface area contributed by atoms with Gasteiger partial charge in [-0.25, -0.2) is 0 Å². The summed E-state index contributed by atoms with van der Waals surface area (Å²) >= 11 is 0. The monoisotopic (exact) mass is 254 g/mol. The number of rotatable bonds is 5. The number of aliphatic hydroxyl groups excluding tert-OH is 1. The Balaban J connectivity index is 1.99. The number of hydrogen-bond donors (Lipinski definition) is 2. The lowest BCUT2D eigenvalue weighted by atomic mass is 9.73. The van der Waals surface area contributed by atoms with Crippen LogP contribution < -0.4 is 5.32 Å². The summed E-state index contributed by atoms with van der Waals surface area (Å²) in [6.45, 7) is 9.55. The number of hydrogen-bond acceptors (Lipinski definition) is 3. The highest BCUT2D eigenvalue weighted by Crippen LogP contribution is 2.35. The summed E-state index contributed by atoms with van der Waals surface area (Å²) in [6, 6.07) is 1.61. The van der Waals surface area contributed by atoms with Crippen molar-refractivity contribution in [2.75, 3.05) is 19.7 Å². The van der Waals surface area contributed by atoms with Gasteiger partial charge in [0.15, 0.2) is 0 Å². The molecule has 1 aliphatic heterocycles. The first-order valence-corrected chi connectivity index (χ1v) is 7.76. The first kappa shape index (κ1) is 14.3. The number of nitrogens with one attached hydrogen (secondary N) is 1. The summed E-state index contributed by atoms with van der Waals surface area (Å²) in [4.78, 5) is 2.65. The molecule has 1 saturated heterocycles. The Morgan fingerprint density at radius 3 is 2.28 bits per heavy atom. The highest BCUT2D eigenvalue weighted by molar-refractivity contribution is 4.96. The van der Waals surface area contributed by atoms with Crippen LogP contribution in [-0.4, -0.2) is 47.8 Å². The number of piperidine rings is 1. The highest BCUT2D eigenvalue weighted by Gasteiger charge is 2.40. The maximum absolute atomic E-state index is 9.39. The molecule has 0 radical (unpaired) electrons. The zero-order valence-electron chi connectivity index (χ0n) is 12.2. The van der Waals surface area contributed by atoms with Gasteiger partial charge in [0, 0.05) is 31.2 Å². The minimum atomic E-state index is 0.278. The van der Waals surface area contributed by atoms with Crippen molar-refractivity contribution < 1.29 is 5.11 Å². The molecule has 2 N–H and O–H groups in total. The molecule has 1 saturated carbocycles. The van der Waals surface area contributed by atoms with E-state index in [1.165, 1.54) is 32.4 Å². The first-order valence-electron chi connectivity index (χ1n) is 7.76. The fraction of sp³-hybridized carbons (Fsp3) is 1.00. The molecular weight excluding hydrogens is 224 g/mol. The van der Waals surface area contributed by atoms with E-state index in [4.69, 9.17) is 0 Å². The number of likely N-dealkylation sites (tertiary alicyclic amines) is 1. The van der Waals surface area contributed by atoms with Crippen molar-refractivity contribution in [3.8, 4) is 0 Å². The summed E-state index contributed by atoms with van der Waals surface area (Å²) in [7, 11) is 0. The lowest BCUT2D eigenvalue weighted by Crippen LogP contribution is -2.60. The van der Waals surface area contributed by atoms with Gasteiger partial charge in [-0.15, -0.1) is 0 Å². The van der Waals surface area contributed by atoms with Crippen LogP contribution in [0.15, 0.2) is 0 Å². The average molecular weight is 254 g/mol. The fourth-order valence-corrected chi connectivity index (χ4v) is 3.74. The van der Waals surface area contributed by atoms with Crippen LogP contribution in [0, 0.1) is 11.8 Å². The zero-order chi connectivity index (χ0) is 13.1. The molecule has 0 aromatic heterocycles. The molecule has 0 aromatic carbocycles. The van der Waals surface area contributed by atoms with Gasteiger partial charge in [-0.3, -0.25) is 0 Å². The van der Waals surface area contributed by atoms with Gasteiger partial charge in [-0.2, -0.15) is 0 Å². The van der Waals surface area contributed by atoms with E-state index in [0.717, 1.165) is 18.3 Å². The van der Waals surface area contributed by atoms with E-state index in [1.807, 2.05) is 0 Å². The molecule has 2 bridgehead atoms. The van der Waals surface area contributed by atoms with Crippen molar-refractivity contribution in [2.45, 2.75) is 64.6 Å². The second-order valence-corrected chi connectivity index (χ2v) is 6.48. The summed E-state index contributed by atoms with van der Waals surface area (Å²) in [5.41, 5.74) is 0. The second kappa shape index (κ2) is 6.36. The molecule has 1 aliphatic carbocycles. The molecule has 3 atom stereocenters. The van der Waals surface area contributed by atoms with E-state index in [2.05, 4.69) is 31.0 Å². The van der Waals surface area contributed by atoms with Crippen LogP contribution in [0.4, 0.5) is 0 Å². The Morgan fingerprint density at radius 2 is 1.83 bits per heavy atom. The van der Waals surface area contributed by atoms with Gasteiger partial charge in [0.1, 0.15) is 0 Å². The Morgan fingerprint density at radius 1 is 1.22 bits per heavy atom. The Labute approximate surface area is 112 Å². The van der Waals surface area contributed by atoms with E-state index in [-0.39, 0.29) is 6.61 Å². The lowest BCUT2D eigenvalue weighted by molar-refractivity contribution is 0.0211. The van der Waals surface area contributed by atoms with E-state index < -0.39 is 0 Å². The predicted molar refractivity (Wildman–Crippen MR) is 75.6 cm³/mol. The maximum Gasteiger partial charge on any atom is 0.0584 e. The summed E-state index contributed by atoms with van der Waals surface area (Å²) in [6.07, 6.45) is 5.15. The van der Waals surface area contributed by atoms with Gasteiger partial charge in [0.25, 0.3) is 0 Å². The quantitative estimate of drug-likeness (QED) is 0.786. The smallest absolute Gasteiger partial charge is 0.0584 e. The van der Waals surface area contributed by atoms with Crippen LogP contribution in [0.2, 0.25) is 0 Å². The number of fused-ring (bicyclic) bond motifs is 2. The SMILES string of the molecule is CC[C@@H](CO)NC1C2CCCC1CN(C(C)C)C2. The molecule has 2 unspecified atom stereocenters. The predicted octanol–water partition coefficient (Wildman–Crippen LogP) is 1.86. The third-order valence-corrected chi connectivity index (χ3v) is 4.98. The standard InChI is InChI=1S/C15H30N2O/c1-4-14(10-18)16-15-12-6-5-7-13(15)9-17(8-12)11(2)3/h11-16,18H,4-10H2,1-3H3/t12?,13?,14-,15?/m0/s1. The largest absolute Gasteiger partial charge is 0.395 e. The Hall–Kier alpha value is -0.120. The van der Waals surface area contributed by atoms with Gasteiger partial charge in [-0.1, -0.05) is 13.3 Å². The maximum atomic E-state index is 9.39. The van der Waals surface area contributed by atoms with E-state index in [1.54, 1.807) is 0 Å². The van der Waals surface area contributed by atoms with Crippen molar-refractivity contribution in [1.82, 2.24) is 10.2 Å². The number of aliphatic hydroxyl groups is 1. The fourth-order valence-electron chi connectivity index (χ4n) is 3.74. The van der Waals surface area contributed by atoms with Crippen LogP contribution in [-0.2, 0) is 0 Å². The van der Waals surface area contributed by atoms with Gasteiger partial charge in [-0.05, 0) is 44.9 Å². The molecule has 3 heteroatoms. The normalized spacial score (nSPS) is 34.8. The van der Waals surface area contributed by atoms with Crippen molar-refractivity contribution in [3.63, 3.8) is 0 Å². The van der Waals surface area contributed by atoms with Crippen LogP contribution >= 0.6 is 0 Å². The van der Waals surface area contributed by atoms with E-state index >= 15 is 0 Å². The van der Waals surface area contributed by atoms with Crippen molar-refractivity contribution in [2.24, 2.45) is 11.8 Å². The number of nitrogens with zero attached hydrogens (tertiary/aromatic N) is 1. The molecule has 1 heterocycles. The summed E-state index contributed by atoms with van der Waals surface area (Å²) in [5.74, 6) is 1.58. The van der Waals surface area contributed by atoms with Crippen LogP contribution in [0.1, 0.15) is 46.5 Å². The molecule has 106 valence electrons. The summed E-state index contributed by atoms with van der Waals surface area (Å²) < 4.78 is 0. The molecule has 18 heavy (non-hydrogen) atoms. The lowest BCUT2D eigenvalue weighted by Gasteiger charge is -2.50. The topological polar surface area (TPSA) is 35.5 Å². The second-order valence-electron chi connectivity index (χ2n) is 6.48. The van der Waals surface area contributed by atoms with Crippen LogP contribution in [0.5, 0.6) is 0 Å². The third kappa shape index (κ3) is 3.06. The molecule has 0 spiro atoms. The third-order valence-electron chi connectivity index (χ3n) is 4.98. The van der Waals surface area contributed by atoms with Crippen molar-refractivity contribution in [1.29, 1.82) is 0 Å². The Bertz CT molecular complexity index is 239. The first-order chi connectivity index (χ1) is 8.65. The zero-order valence-corrected chi connectivity index (χ0v) is 12.2. The molecule has 3 nitrogen and oxygen atoms in total. The van der Waals surface area contributed by atoms with Gasteiger partial charge < -0.3 is 15.3 Å². The minimum absolute atomic E-state index is 0.278. The average Bonchev–Trinajstić information content (AvgIpc) is 2.34. The minimum Gasteiger partial charge on any atom is -0.395 e. The highest BCUT2D eigenvalue weighted by atomic mass is 16.3. The van der Waals surface area contributed by atoms with Crippen LogP contribution in [0.3, 0.4) is 0 Å².